The lowest BCUT2D eigenvalue weighted by Gasteiger charge is -2.33. The van der Waals surface area contributed by atoms with E-state index in [0.717, 1.165) is 12.8 Å². The van der Waals surface area contributed by atoms with Crippen LogP contribution in [-0.2, 0) is 14.3 Å². The highest BCUT2D eigenvalue weighted by Gasteiger charge is 2.27. The molecule has 19 heavy (non-hydrogen) atoms. The van der Waals surface area contributed by atoms with Gasteiger partial charge in [0.25, 0.3) is 0 Å². The Morgan fingerprint density at radius 1 is 1.37 bits per heavy atom. The summed E-state index contributed by atoms with van der Waals surface area (Å²) in [4.78, 5) is 24.2. The monoisotopic (exact) mass is 272 g/mol. The maximum Gasteiger partial charge on any atom is 0.410 e. The van der Waals surface area contributed by atoms with E-state index in [4.69, 9.17) is 15.2 Å². The SMILES string of the molecule is CC(C)(C)OC(=O)N1CCC[C@@H](COCC(N)=O)C1. The Kier molecular flexibility index (Phi) is 5.60. The van der Waals surface area contributed by atoms with Crippen molar-refractivity contribution in [1.29, 1.82) is 0 Å². The predicted molar refractivity (Wildman–Crippen MR) is 70.5 cm³/mol. The Morgan fingerprint density at radius 2 is 2.05 bits per heavy atom. The number of carbonyl (C=O) groups excluding carboxylic acids is 2. The maximum atomic E-state index is 11.9. The molecule has 6 heteroatoms. The molecule has 2 N–H and O–H groups in total. The van der Waals surface area contributed by atoms with Crippen LogP contribution in [0.4, 0.5) is 4.79 Å². The van der Waals surface area contributed by atoms with E-state index in [1.165, 1.54) is 0 Å². The fourth-order valence-electron chi connectivity index (χ4n) is 2.02. The topological polar surface area (TPSA) is 81.9 Å². The van der Waals surface area contributed by atoms with Crippen molar-refractivity contribution >= 4 is 12.0 Å². The van der Waals surface area contributed by atoms with Crippen LogP contribution in [0.1, 0.15) is 33.6 Å². The Labute approximate surface area is 114 Å². The molecule has 1 saturated heterocycles. The number of nitrogens with zero attached hydrogens (tertiary/aromatic N) is 1. The van der Waals surface area contributed by atoms with Crippen molar-refractivity contribution in [3.05, 3.63) is 0 Å². The van der Waals surface area contributed by atoms with Crippen LogP contribution in [0, 0.1) is 5.92 Å². The van der Waals surface area contributed by atoms with Crippen LogP contribution in [-0.4, -0.2) is 48.8 Å². The highest BCUT2D eigenvalue weighted by atomic mass is 16.6. The number of rotatable bonds is 4. The summed E-state index contributed by atoms with van der Waals surface area (Å²) in [6.07, 6.45) is 1.62. The molecular weight excluding hydrogens is 248 g/mol. The number of nitrogens with two attached hydrogens (primary N) is 1. The molecule has 0 bridgehead atoms. The Morgan fingerprint density at radius 3 is 2.63 bits per heavy atom. The summed E-state index contributed by atoms with van der Waals surface area (Å²) >= 11 is 0. The molecular formula is C13H24N2O4. The number of hydrogen-bond acceptors (Lipinski definition) is 4. The highest BCUT2D eigenvalue weighted by Crippen LogP contribution is 2.19. The number of carbonyl (C=O) groups is 2. The number of hydrogen-bond donors (Lipinski definition) is 1. The van der Waals surface area contributed by atoms with Crippen molar-refractivity contribution < 1.29 is 19.1 Å². The number of likely N-dealkylation sites (tertiary alicyclic amines) is 1. The molecule has 0 saturated carbocycles. The zero-order valence-electron chi connectivity index (χ0n) is 12.0. The van der Waals surface area contributed by atoms with Crippen molar-refractivity contribution in [3.8, 4) is 0 Å². The Bertz CT molecular complexity index is 325. The smallest absolute Gasteiger partial charge is 0.410 e. The minimum atomic E-state index is -0.480. The Balaban J connectivity index is 2.37. The van der Waals surface area contributed by atoms with Gasteiger partial charge in [0.2, 0.25) is 5.91 Å². The first-order valence-electron chi connectivity index (χ1n) is 6.62. The van der Waals surface area contributed by atoms with Crippen LogP contribution in [0.25, 0.3) is 0 Å². The van der Waals surface area contributed by atoms with Crippen molar-refractivity contribution in [2.24, 2.45) is 11.7 Å². The van der Waals surface area contributed by atoms with Gasteiger partial charge in [-0.3, -0.25) is 4.79 Å². The van der Waals surface area contributed by atoms with E-state index in [9.17, 15) is 9.59 Å². The first kappa shape index (κ1) is 15.8. The standard InChI is InChI=1S/C13H24N2O4/c1-13(2,3)19-12(17)15-6-4-5-10(7-15)8-18-9-11(14)16/h10H,4-9H2,1-3H3,(H2,14,16)/t10-/m1/s1. The van der Waals surface area contributed by atoms with Gasteiger partial charge in [0.1, 0.15) is 12.2 Å². The van der Waals surface area contributed by atoms with Gasteiger partial charge in [0, 0.05) is 19.0 Å². The average molecular weight is 272 g/mol. The van der Waals surface area contributed by atoms with E-state index in [1.54, 1.807) is 4.90 Å². The second kappa shape index (κ2) is 6.75. The van der Waals surface area contributed by atoms with Crippen LogP contribution in [0.3, 0.4) is 0 Å². The highest BCUT2D eigenvalue weighted by molar-refractivity contribution is 5.74. The summed E-state index contributed by atoms with van der Waals surface area (Å²) in [7, 11) is 0. The molecule has 1 aliphatic rings. The summed E-state index contributed by atoms with van der Waals surface area (Å²) in [6, 6.07) is 0. The van der Waals surface area contributed by atoms with Gasteiger partial charge in [-0.05, 0) is 33.6 Å². The number of primary amides is 1. The fourth-order valence-corrected chi connectivity index (χ4v) is 2.02. The van der Waals surface area contributed by atoms with Crippen LogP contribution in [0.5, 0.6) is 0 Å². The third-order valence-corrected chi connectivity index (χ3v) is 2.77. The lowest BCUT2D eigenvalue weighted by molar-refractivity contribution is -0.123. The summed E-state index contributed by atoms with van der Waals surface area (Å²) in [6.45, 7) is 7.24. The van der Waals surface area contributed by atoms with Crippen molar-refractivity contribution in [2.45, 2.75) is 39.2 Å². The molecule has 0 unspecified atom stereocenters. The number of ether oxygens (including phenoxy) is 2. The van der Waals surface area contributed by atoms with Crippen LogP contribution >= 0.6 is 0 Å². The molecule has 1 fully saturated rings. The normalized spacial score (nSPS) is 20.2. The second-order valence-electron chi connectivity index (χ2n) is 5.92. The maximum absolute atomic E-state index is 11.9. The third kappa shape index (κ3) is 6.42. The lowest BCUT2D eigenvalue weighted by Crippen LogP contribution is -2.44. The van der Waals surface area contributed by atoms with Gasteiger partial charge >= 0.3 is 6.09 Å². The minimum Gasteiger partial charge on any atom is -0.444 e. The van der Waals surface area contributed by atoms with E-state index in [-0.39, 0.29) is 18.6 Å². The number of amides is 2. The van der Waals surface area contributed by atoms with Gasteiger partial charge in [-0.2, -0.15) is 0 Å². The van der Waals surface area contributed by atoms with Crippen LogP contribution < -0.4 is 5.73 Å². The van der Waals surface area contributed by atoms with Gasteiger partial charge in [0.15, 0.2) is 0 Å². The van der Waals surface area contributed by atoms with E-state index < -0.39 is 11.5 Å². The molecule has 0 spiro atoms. The minimum absolute atomic E-state index is 0.0665. The summed E-state index contributed by atoms with van der Waals surface area (Å²) in [5.41, 5.74) is 4.52. The zero-order valence-corrected chi connectivity index (χ0v) is 12.0. The molecule has 2 amide bonds. The summed E-state index contributed by atoms with van der Waals surface area (Å²) < 4.78 is 10.6. The van der Waals surface area contributed by atoms with Crippen LogP contribution in [0.15, 0.2) is 0 Å². The van der Waals surface area contributed by atoms with E-state index in [2.05, 4.69) is 0 Å². The number of piperidine rings is 1. The Hall–Kier alpha value is -1.30. The van der Waals surface area contributed by atoms with Gasteiger partial charge in [-0.25, -0.2) is 4.79 Å². The molecule has 1 rings (SSSR count). The summed E-state index contributed by atoms with van der Waals surface area (Å²) in [5, 5.41) is 0. The largest absolute Gasteiger partial charge is 0.444 e. The molecule has 110 valence electrons. The van der Waals surface area contributed by atoms with Gasteiger partial charge < -0.3 is 20.1 Å². The molecule has 0 aromatic rings. The average Bonchev–Trinajstić information content (AvgIpc) is 2.26. The van der Waals surface area contributed by atoms with Gasteiger partial charge in [0.05, 0.1) is 6.61 Å². The van der Waals surface area contributed by atoms with Crippen molar-refractivity contribution in [2.75, 3.05) is 26.3 Å². The molecule has 0 aliphatic carbocycles. The van der Waals surface area contributed by atoms with E-state index in [0.29, 0.717) is 19.7 Å². The molecule has 1 aliphatic heterocycles. The molecule has 0 aromatic carbocycles. The van der Waals surface area contributed by atoms with E-state index in [1.807, 2.05) is 20.8 Å². The van der Waals surface area contributed by atoms with Crippen molar-refractivity contribution in [1.82, 2.24) is 4.90 Å². The fraction of sp³-hybridized carbons (Fsp3) is 0.846. The zero-order chi connectivity index (χ0) is 14.5. The first-order valence-corrected chi connectivity index (χ1v) is 6.62. The van der Waals surface area contributed by atoms with Crippen molar-refractivity contribution in [3.63, 3.8) is 0 Å². The third-order valence-electron chi connectivity index (χ3n) is 2.77. The molecule has 1 heterocycles. The van der Waals surface area contributed by atoms with E-state index >= 15 is 0 Å². The lowest BCUT2D eigenvalue weighted by atomic mass is 9.99. The molecule has 6 nitrogen and oxygen atoms in total. The second-order valence-corrected chi connectivity index (χ2v) is 5.92. The van der Waals surface area contributed by atoms with Gasteiger partial charge in [-0.1, -0.05) is 0 Å². The quantitative estimate of drug-likeness (QED) is 0.832. The summed E-state index contributed by atoms with van der Waals surface area (Å²) in [5.74, 6) is -0.236. The molecule has 0 radical (unpaired) electrons. The molecule has 0 aromatic heterocycles. The van der Waals surface area contributed by atoms with Crippen LogP contribution in [0.2, 0.25) is 0 Å². The molecule has 1 atom stereocenters. The first-order chi connectivity index (χ1) is 8.78. The van der Waals surface area contributed by atoms with Gasteiger partial charge in [-0.15, -0.1) is 0 Å². The predicted octanol–water partition coefficient (Wildman–Crippen LogP) is 1.14.